The van der Waals surface area contributed by atoms with E-state index in [0.29, 0.717) is 0 Å². The Bertz CT molecular complexity index is 3240. The van der Waals surface area contributed by atoms with Crippen LogP contribution in [-0.4, -0.2) is 4.98 Å². The van der Waals surface area contributed by atoms with Gasteiger partial charge >= 0.3 is 0 Å². The minimum atomic E-state index is 0.776. The minimum Gasteiger partial charge on any atom is -0.455 e. The molecule has 0 bridgehead atoms. The van der Waals surface area contributed by atoms with E-state index in [-0.39, 0.29) is 0 Å². The van der Waals surface area contributed by atoms with Crippen molar-refractivity contribution in [2.75, 3.05) is 0 Å². The molecule has 56 heavy (non-hydrogen) atoms. The predicted molar refractivity (Wildman–Crippen MR) is 230 cm³/mol. The van der Waals surface area contributed by atoms with E-state index in [4.69, 9.17) is 13.8 Å². The van der Waals surface area contributed by atoms with Crippen molar-refractivity contribution < 1.29 is 8.83 Å². The van der Waals surface area contributed by atoms with Crippen molar-refractivity contribution in [2.24, 2.45) is 0 Å². The quantitative estimate of drug-likeness (QED) is 0.183. The van der Waals surface area contributed by atoms with Crippen LogP contribution in [0.25, 0.3) is 122 Å². The summed E-state index contributed by atoms with van der Waals surface area (Å²) in [6.07, 6.45) is 1.83. The third kappa shape index (κ3) is 4.55. The molecule has 0 aliphatic heterocycles. The maximum absolute atomic E-state index is 6.65. The Labute approximate surface area is 322 Å². The van der Waals surface area contributed by atoms with E-state index in [2.05, 4.69) is 158 Å². The summed E-state index contributed by atoms with van der Waals surface area (Å²) in [5, 5.41) is 3.21. The molecular weight excluding hydrogens is 683 g/mol. The van der Waals surface area contributed by atoms with Gasteiger partial charge in [-0.15, -0.1) is 0 Å². The molecule has 8 aromatic carbocycles. The van der Waals surface area contributed by atoms with Crippen LogP contribution in [0, 0.1) is 0 Å². The molecule has 1 aliphatic rings. The summed E-state index contributed by atoms with van der Waals surface area (Å²) >= 11 is 0. The van der Waals surface area contributed by atoms with E-state index in [1.165, 1.54) is 44.5 Å². The first kappa shape index (κ1) is 30.9. The van der Waals surface area contributed by atoms with Crippen LogP contribution in [0.4, 0.5) is 0 Å². The highest BCUT2D eigenvalue weighted by molar-refractivity contribution is 6.12. The zero-order valence-electron chi connectivity index (χ0n) is 30.2. The molecule has 3 heteroatoms. The van der Waals surface area contributed by atoms with Gasteiger partial charge < -0.3 is 8.83 Å². The fourth-order valence-corrected chi connectivity index (χ4v) is 9.06. The summed E-state index contributed by atoms with van der Waals surface area (Å²) in [5.41, 5.74) is 20.4. The molecule has 0 atom stereocenters. The number of nitrogens with zero attached hydrogens (tertiary/aromatic N) is 1. The molecule has 12 rings (SSSR count). The molecule has 3 heterocycles. The molecule has 0 unspecified atom stereocenters. The van der Waals surface area contributed by atoms with Crippen LogP contribution < -0.4 is 0 Å². The number of pyridine rings is 1. The second-order valence-corrected chi connectivity index (χ2v) is 14.6. The maximum Gasteiger partial charge on any atom is 0.153 e. The van der Waals surface area contributed by atoms with Gasteiger partial charge in [0, 0.05) is 33.5 Å². The number of rotatable bonds is 3. The first-order valence-electron chi connectivity index (χ1n) is 19.0. The Kier molecular flexibility index (Phi) is 6.63. The largest absolute Gasteiger partial charge is 0.455 e. The van der Waals surface area contributed by atoms with Crippen molar-refractivity contribution in [3.63, 3.8) is 0 Å². The maximum atomic E-state index is 6.65. The average Bonchev–Trinajstić information content (AvgIpc) is 3.84. The molecule has 0 saturated heterocycles. The van der Waals surface area contributed by atoms with Gasteiger partial charge in [-0.2, -0.15) is 0 Å². The summed E-state index contributed by atoms with van der Waals surface area (Å²) in [4.78, 5) is 4.70. The fourth-order valence-electron chi connectivity index (χ4n) is 9.06. The fraction of sp³-hybridized carbons (Fsp3) is 0. The molecule has 0 N–H and O–H groups in total. The smallest absolute Gasteiger partial charge is 0.153 e. The Morgan fingerprint density at radius 1 is 0.304 bits per heavy atom. The number of benzene rings is 8. The van der Waals surface area contributed by atoms with E-state index in [1.54, 1.807) is 0 Å². The lowest BCUT2D eigenvalue weighted by Gasteiger charge is -2.25. The van der Waals surface area contributed by atoms with Crippen LogP contribution in [0.5, 0.6) is 0 Å². The van der Waals surface area contributed by atoms with Gasteiger partial charge in [0.2, 0.25) is 0 Å². The summed E-state index contributed by atoms with van der Waals surface area (Å²) in [6, 6.07) is 65.3. The number of hydrogen-bond acceptors (Lipinski definition) is 3. The first-order chi connectivity index (χ1) is 27.8. The van der Waals surface area contributed by atoms with Crippen molar-refractivity contribution in [1.29, 1.82) is 0 Å². The zero-order valence-corrected chi connectivity index (χ0v) is 30.2. The topological polar surface area (TPSA) is 39.2 Å². The van der Waals surface area contributed by atoms with Crippen molar-refractivity contribution in [3.8, 4) is 77.9 Å². The second-order valence-electron chi connectivity index (χ2n) is 14.6. The first-order valence-corrected chi connectivity index (χ1v) is 19.0. The third-order valence-electron chi connectivity index (χ3n) is 11.5. The lowest BCUT2D eigenvalue weighted by atomic mass is 9.78. The number of fused-ring (bicyclic) bond motifs is 14. The molecule has 1 aliphatic carbocycles. The number of para-hydroxylation sites is 3. The molecule has 3 aromatic heterocycles. The summed E-state index contributed by atoms with van der Waals surface area (Å²) in [6.45, 7) is 0. The number of aromatic nitrogens is 1. The SMILES string of the molecule is c1ccc2c(c1)-c1ccccc1-c1cccc(-c3cc(-c4cccc5c4oc4ccccc45)cc(-c4cccc5c4oc4cccnc45)c3)c1-c1ccccc1-2. The van der Waals surface area contributed by atoms with Crippen molar-refractivity contribution in [3.05, 3.63) is 188 Å². The highest BCUT2D eigenvalue weighted by atomic mass is 16.3. The van der Waals surface area contributed by atoms with E-state index in [1.807, 2.05) is 30.5 Å². The lowest BCUT2D eigenvalue weighted by molar-refractivity contribution is 0.669. The number of furan rings is 2. The van der Waals surface area contributed by atoms with E-state index >= 15 is 0 Å². The molecule has 11 aromatic rings. The van der Waals surface area contributed by atoms with Gasteiger partial charge in [-0.05, 0) is 109 Å². The molecule has 0 radical (unpaired) electrons. The highest BCUT2D eigenvalue weighted by Crippen LogP contribution is 2.51. The van der Waals surface area contributed by atoms with Crippen LogP contribution in [-0.2, 0) is 0 Å². The molecule has 260 valence electrons. The molecule has 0 spiro atoms. The van der Waals surface area contributed by atoms with Crippen molar-refractivity contribution >= 4 is 44.0 Å². The minimum absolute atomic E-state index is 0.776. The Morgan fingerprint density at radius 2 is 0.732 bits per heavy atom. The predicted octanol–water partition coefficient (Wildman–Crippen LogP) is 14.9. The van der Waals surface area contributed by atoms with Gasteiger partial charge in [0.05, 0.1) is 0 Å². The normalized spacial score (nSPS) is 11.9. The lowest BCUT2D eigenvalue weighted by Crippen LogP contribution is -1.99. The Hall–Kier alpha value is -7.49. The third-order valence-corrected chi connectivity index (χ3v) is 11.5. The Balaban J connectivity index is 1.19. The van der Waals surface area contributed by atoms with Crippen LogP contribution in [0.2, 0.25) is 0 Å². The molecule has 0 saturated carbocycles. The van der Waals surface area contributed by atoms with Gasteiger partial charge in [0.15, 0.2) is 5.58 Å². The average molecular weight is 714 g/mol. The summed E-state index contributed by atoms with van der Waals surface area (Å²) in [7, 11) is 0. The molecule has 3 nitrogen and oxygen atoms in total. The zero-order chi connectivity index (χ0) is 36.7. The second kappa shape index (κ2) is 12.0. The number of hydrogen-bond donors (Lipinski definition) is 0. The molecular formula is C53H31NO2. The Morgan fingerprint density at radius 3 is 1.43 bits per heavy atom. The monoisotopic (exact) mass is 713 g/mol. The summed E-state index contributed by atoms with van der Waals surface area (Å²) < 4.78 is 13.3. The van der Waals surface area contributed by atoms with Gasteiger partial charge in [-0.1, -0.05) is 140 Å². The van der Waals surface area contributed by atoms with Gasteiger partial charge in [0.25, 0.3) is 0 Å². The van der Waals surface area contributed by atoms with Gasteiger partial charge in [-0.3, -0.25) is 4.98 Å². The van der Waals surface area contributed by atoms with E-state index < -0.39 is 0 Å². The molecule has 0 amide bonds. The van der Waals surface area contributed by atoms with Crippen LogP contribution >= 0.6 is 0 Å². The van der Waals surface area contributed by atoms with Crippen LogP contribution in [0.3, 0.4) is 0 Å². The van der Waals surface area contributed by atoms with E-state index in [0.717, 1.165) is 77.4 Å². The van der Waals surface area contributed by atoms with Gasteiger partial charge in [0.1, 0.15) is 22.3 Å². The van der Waals surface area contributed by atoms with Gasteiger partial charge in [-0.25, -0.2) is 0 Å². The van der Waals surface area contributed by atoms with Crippen molar-refractivity contribution in [2.45, 2.75) is 0 Å². The molecule has 0 fully saturated rings. The summed E-state index contributed by atoms with van der Waals surface area (Å²) in [5.74, 6) is 0. The van der Waals surface area contributed by atoms with Crippen LogP contribution in [0.15, 0.2) is 197 Å². The highest BCUT2D eigenvalue weighted by Gasteiger charge is 2.25. The standard InChI is InChI=1S/C53H31NO2/c1-2-14-39-38(13-1)40-15-3-4-16-42(40)45-23-9-20-35(50(45)44-19-6-5-17-41(39)44)32-29-33(36-21-10-24-46-43-18-7-8-26-48(43)55-52(36)46)31-34(30-32)37-22-11-25-47-51-49(56-53(37)47)27-12-28-54-51/h1-31H. The van der Waals surface area contributed by atoms with Crippen LogP contribution in [0.1, 0.15) is 0 Å². The van der Waals surface area contributed by atoms with Crippen molar-refractivity contribution in [1.82, 2.24) is 4.98 Å². The van der Waals surface area contributed by atoms with E-state index in [9.17, 15) is 0 Å².